The zero-order valence-electron chi connectivity index (χ0n) is 21.1. The van der Waals surface area contributed by atoms with Crippen molar-refractivity contribution in [3.63, 3.8) is 0 Å². The zero-order chi connectivity index (χ0) is 23.5. The molecule has 0 bridgehead atoms. The number of anilines is 2. The van der Waals surface area contributed by atoms with E-state index in [9.17, 15) is 0 Å². The van der Waals surface area contributed by atoms with Crippen LogP contribution in [0.1, 0.15) is 0 Å². The van der Waals surface area contributed by atoms with E-state index in [4.69, 9.17) is 0 Å². The summed E-state index contributed by atoms with van der Waals surface area (Å²) in [6.45, 7) is 10.1. The summed E-state index contributed by atoms with van der Waals surface area (Å²) in [5.41, 5.74) is 3.64. The number of allylic oxidation sites excluding steroid dienone is 6. The van der Waals surface area contributed by atoms with Gasteiger partial charge < -0.3 is 9.80 Å². The second kappa shape index (κ2) is 9.67. The Hall–Kier alpha value is -2.31. The smallest absolute Gasteiger partial charge is 0.0938 e. The molecule has 2 unspecified atom stereocenters. The van der Waals surface area contributed by atoms with E-state index in [1.165, 1.54) is 21.7 Å². The summed E-state index contributed by atoms with van der Waals surface area (Å²) in [4.78, 5) is 4.52. The van der Waals surface area contributed by atoms with Crippen LogP contribution < -0.4 is 20.2 Å². The second-order valence-corrected chi connectivity index (χ2v) is 19.8. The van der Waals surface area contributed by atoms with E-state index in [0.717, 1.165) is 0 Å². The SMILES string of the molecule is CN(C)c1ccccc1[Si](C)(C)C1/C=C\C=C/C([Si](C)(C)c2ccccc2N(C)C)/C=C\1. The maximum absolute atomic E-state index is 2.52. The van der Waals surface area contributed by atoms with Gasteiger partial charge in [-0.05, 0) is 33.6 Å². The fourth-order valence-corrected chi connectivity index (χ4v) is 10.9. The van der Waals surface area contributed by atoms with E-state index in [2.05, 4.69) is 149 Å². The van der Waals surface area contributed by atoms with Gasteiger partial charge in [-0.25, -0.2) is 0 Å². The largest absolute Gasteiger partial charge is 0.378 e. The third-order valence-corrected chi connectivity index (χ3v) is 14.8. The van der Waals surface area contributed by atoms with Crippen molar-refractivity contribution in [2.24, 2.45) is 0 Å². The van der Waals surface area contributed by atoms with Crippen molar-refractivity contribution in [3.05, 3.63) is 85.0 Å². The van der Waals surface area contributed by atoms with Crippen LogP contribution in [0, 0.1) is 0 Å². The summed E-state index contributed by atoms with van der Waals surface area (Å²) >= 11 is 0. The molecule has 3 rings (SSSR count). The van der Waals surface area contributed by atoms with E-state index < -0.39 is 16.1 Å². The molecular formula is C28H40N2Si2. The Morgan fingerprint density at radius 2 is 0.875 bits per heavy atom. The summed E-state index contributed by atoms with van der Waals surface area (Å²) in [6, 6.07) is 17.9. The van der Waals surface area contributed by atoms with Gasteiger partial charge in [-0.15, -0.1) is 0 Å². The maximum Gasteiger partial charge on any atom is 0.0938 e. The molecule has 0 saturated heterocycles. The molecule has 0 radical (unpaired) electrons. The molecule has 2 nitrogen and oxygen atoms in total. The van der Waals surface area contributed by atoms with Crippen LogP contribution >= 0.6 is 0 Å². The summed E-state index contributed by atoms with van der Waals surface area (Å²) in [5.74, 6) is 0. The molecule has 32 heavy (non-hydrogen) atoms. The molecule has 2 aromatic carbocycles. The van der Waals surface area contributed by atoms with E-state index in [0.29, 0.717) is 11.1 Å². The lowest BCUT2D eigenvalue weighted by Crippen LogP contribution is -2.48. The van der Waals surface area contributed by atoms with Gasteiger partial charge in [0.05, 0.1) is 16.1 Å². The molecule has 1 aliphatic rings. The van der Waals surface area contributed by atoms with Crippen LogP contribution in [0.15, 0.2) is 85.0 Å². The Kier molecular flexibility index (Phi) is 7.36. The predicted molar refractivity (Wildman–Crippen MR) is 151 cm³/mol. The van der Waals surface area contributed by atoms with Crippen LogP contribution in [-0.4, -0.2) is 44.3 Å². The molecule has 0 heterocycles. The molecule has 0 aliphatic heterocycles. The quantitative estimate of drug-likeness (QED) is 0.399. The van der Waals surface area contributed by atoms with Crippen LogP contribution in [0.4, 0.5) is 11.4 Å². The molecular weight excluding hydrogens is 420 g/mol. The van der Waals surface area contributed by atoms with Gasteiger partial charge in [-0.3, -0.25) is 0 Å². The molecule has 1 aliphatic carbocycles. The van der Waals surface area contributed by atoms with E-state index >= 15 is 0 Å². The number of hydrogen-bond donors (Lipinski definition) is 0. The van der Waals surface area contributed by atoms with Gasteiger partial charge in [0.15, 0.2) is 0 Å². The van der Waals surface area contributed by atoms with Gasteiger partial charge in [-0.2, -0.15) is 0 Å². The summed E-state index contributed by atoms with van der Waals surface area (Å²) in [6.07, 6.45) is 14.5. The highest BCUT2D eigenvalue weighted by molar-refractivity contribution is 6.93. The number of benzene rings is 2. The van der Waals surface area contributed by atoms with Gasteiger partial charge in [0.25, 0.3) is 0 Å². The molecule has 0 saturated carbocycles. The van der Waals surface area contributed by atoms with Crippen molar-refractivity contribution in [2.75, 3.05) is 38.0 Å². The van der Waals surface area contributed by atoms with Crippen LogP contribution in [0.2, 0.25) is 37.3 Å². The summed E-state index contributed by atoms with van der Waals surface area (Å²) in [7, 11) is 5.06. The Labute approximate surface area is 198 Å². The molecule has 4 heteroatoms. The van der Waals surface area contributed by atoms with Crippen LogP contribution in [0.25, 0.3) is 0 Å². The van der Waals surface area contributed by atoms with Crippen molar-refractivity contribution in [1.29, 1.82) is 0 Å². The highest BCUT2D eigenvalue weighted by Gasteiger charge is 2.36. The fraction of sp³-hybridized carbons (Fsp3) is 0.357. The van der Waals surface area contributed by atoms with E-state index in [1.54, 1.807) is 0 Å². The number of nitrogens with zero attached hydrogens (tertiary/aromatic N) is 2. The highest BCUT2D eigenvalue weighted by Crippen LogP contribution is 2.34. The molecule has 0 amide bonds. The second-order valence-electron chi connectivity index (χ2n) is 10.5. The average molecular weight is 461 g/mol. The Morgan fingerprint density at radius 1 is 0.531 bits per heavy atom. The standard InChI is InChI=1S/C28H40N2Si2/c1-29(2)25-17-11-13-19-27(25)31(5,6)23-15-9-10-16-24(22-21-23)32(7,8)28-20-14-12-18-26(28)30(3)4/h9-24H,1-8H3/b15-9-,16-10-,22-21-. The molecule has 0 aromatic heterocycles. The normalized spacial score (nSPS) is 21.9. The first-order chi connectivity index (χ1) is 15.1. The lowest BCUT2D eigenvalue weighted by Gasteiger charge is -2.35. The van der Waals surface area contributed by atoms with Gasteiger partial charge in [0.2, 0.25) is 0 Å². The first-order valence-electron chi connectivity index (χ1n) is 11.6. The third kappa shape index (κ3) is 4.86. The monoisotopic (exact) mass is 460 g/mol. The average Bonchev–Trinajstić information content (AvgIpc) is 2.73. The fourth-order valence-electron chi connectivity index (χ4n) is 4.87. The van der Waals surface area contributed by atoms with E-state index in [-0.39, 0.29) is 0 Å². The minimum Gasteiger partial charge on any atom is -0.378 e. The number of hydrogen-bond acceptors (Lipinski definition) is 2. The topological polar surface area (TPSA) is 6.48 Å². The van der Waals surface area contributed by atoms with Crippen molar-refractivity contribution < 1.29 is 0 Å². The van der Waals surface area contributed by atoms with Crippen molar-refractivity contribution in [3.8, 4) is 0 Å². The van der Waals surface area contributed by atoms with Crippen molar-refractivity contribution in [2.45, 2.75) is 37.3 Å². The lowest BCUT2D eigenvalue weighted by molar-refractivity contribution is 1.13. The maximum atomic E-state index is 2.52. The summed E-state index contributed by atoms with van der Waals surface area (Å²) < 4.78 is 0. The van der Waals surface area contributed by atoms with Crippen molar-refractivity contribution in [1.82, 2.24) is 0 Å². The minimum atomic E-state index is -1.78. The minimum absolute atomic E-state index is 0.463. The Morgan fingerprint density at radius 3 is 1.22 bits per heavy atom. The Bertz CT molecular complexity index is 934. The molecule has 0 spiro atoms. The first-order valence-corrected chi connectivity index (χ1v) is 17.8. The van der Waals surface area contributed by atoms with Crippen molar-refractivity contribution >= 4 is 37.9 Å². The third-order valence-electron chi connectivity index (χ3n) is 7.10. The molecule has 0 fully saturated rings. The first kappa shape index (κ1) is 24.3. The zero-order valence-corrected chi connectivity index (χ0v) is 23.1. The molecule has 0 N–H and O–H groups in total. The van der Waals surface area contributed by atoms with Gasteiger partial charge >= 0.3 is 0 Å². The number of rotatable bonds is 6. The number of para-hydroxylation sites is 2. The molecule has 2 aromatic rings. The van der Waals surface area contributed by atoms with Crippen LogP contribution in [-0.2, 0) is 0 Å². The van der Waals surface area contributed by atoms with Gasteiger partial charge in [-0.1, -0.05) is 99.0 Å². The molecule has 170 valence electrons. The van der Waals surface area contributed by atoms with Gasteiger partial charge in [0, 0.05) is 39.6 Å². The van der Waals surface area contributed by atoms with Crippen LogP contribution in [0.5, 0.6) is 0 Å². The van der Waals surface area contributed by atoms with E-state index in [1.807, 2.05) is 0 Å². The highest BCUT2D eigenvalue weighted by atomic mass is 28.3. The lowest BCUT2D eigenvalue weighted by atomic mass is 10.2. The summed E-state index contributed by atoms with van der Waals surface area (Å²) in [5, 5.41) is 3.06. The molecule has 2 atom stereocenters. The Balaban J connectivity index is 2.00. The van der Waals surface area contributed by atoms with Crippen LogP contribution in [0.3, 0.4) is 0 Å². The predicted octanol–water partition coefficient (Wildman–Crippen LogP) is 5.77. The van der Waals surface area contributed by atoms with Gasteiger partial charge in [0.1, 0.15) is 0 Å².